The Balaban J connectivity index is 2.74. The average Bonchev–Trinajstić information content (AvgIpc) is 2.66. The van der Waals surface area contributed by atoms with Gasteiger partial charge in [-0.15, -0.1) is 0 Å². The highest BCUT2D eigenvalue weighted by atomic mass is 16.7. The van der Waals surface area contributed by atoms with Gasteiger partial charge in [0, 0.05) is 11.1 Å². The van der Waals surface area contributed by atoms with Crippen molar-refractivity contribution >= 4 is 23.8 Å². The zero-order chi connectivity index (χ0) is 22.8. The quantitative estimate of drug-likeness (QED) is 0.372. The van der Waals surface area contributed by atoms with Crippen LogP contribution in [0, 0.1) is 11.8 Å². The lowest BCUT2D eigenvalue weighted by atomic mass is 10.1. The van der Waals surface area contributed by atoms with Gasteiger partial charge in [-0.2, -0.15) is 0 Å². The van der Waals surface area contributed by atoms with Gasteiger partial charge in [0.1, 0.15) is 0 Å². The highest BCUT2D eigenvalue weighted by molar-refractivity contribution is 5.99. The maximum atomic E-state index is 12.2. The van der Waals surface area contributed by atoms with E-state index in [1.807, 2.05) is 27.7 Å². The molecule has 1 aromatic carbocycles. The number of amides is 2. The number of carbonyl (C=O) groups is 4. The lowest BCUT2D eigenvalue weighted by Crippen LogP contribution is -2.36. The van der Waals surface area contributed by atoms with Crippen LogP contribution in [0.4, 0.5) is 0 Å². The van der Waals surface area contributed by atoms with Crippen molar-refractivity contribution in [3.63, 3.8) is 0 Å². The third kappa shape index (κ3) is 8.58. The Morgan fingerprint density at radius 3 is 1.47 bits per heavy atom. The topological polar surface area (TPSA) is 151 Å². The Labute approximate surface area is 174 Å². The minimum Gasteiger partial charge on any atom is -0.479 e. The molecule has 10 heteroatoms. The molecule has 30 heavy (non-hydrogen) atoms. The van der Waals surface area contributed by atoms with E-state index in [9.17, 15) is 19.2 Å². The molecule has 0 saturated carbocycles. The molecule has 0 spiro atoms. The molecule has 0 fully saturated rings. The van der Waals surface area contributed by atoms with Crippen LogP contribution in [-0.4, -0.2) is 46.2 Å². The Kier molecular flexibility index (Phi) is 9.93. The van der Waals surface area contributed by atoms with Gasteiger partial charge in [-0.25, -0.2) is 20.5 Å². The van der Waals surface area contributed by atoms with E-state index < -0.39 is 36.0 Å². The molecular weight excluding hydrogens is 396 g/mol. The highest BCUT2D eigenvalue weighted by Gasteiger charge is 2.23. The first-order valence-electron chi connectivity index (χ1n) is 9.48. The molecule has 0 bridgehead atoms. The van der Waals surface area contributed by atoms with Crippen molar-refractivity contribution in [1.82, 2.24) is 11.0 Å². The van der Waals surface area contributed by atoms with Crippen molar-refractivity contribution in [2.75, 3.05) is 0 Å². The molecule has 0 saturated heterocycles. The molecule has 1 unspecified atom stereocenters. The fraction of sp³-hybridized carbons (Fsp3) is 0.500. The molecule has 1 aromatic rings. The Hall–Kier alpha value is -2.98. The number of hydroxylamine groups is 2. The number of nitrogens with one attached hydrogen (secondary N) is 2. The summed E-state index contributed by atoms with van der Waals surface area (Å²) in [5, 5.41) is 18.3. The zero-order valence-corrected chi connectivity index (χ0v) is 17.4. The molecule has 0 heterocycles. The van der Waals surface area contributed by atoms with Crippen molar-refractivity contribution in [2.24, 2.45) is 11.8 Å². The van der Waals surface area contributed by atoms with Crippen LogP contribution in [0.25, 0.3) is 0 Å². The van der Waals surface area contributed by atoms with Crippen molar-refractivity contribution in [1.29, 1.82) is 0 Å². The van der Waals surface area contributed by atoms with Gasteiger partial charge in [0.15, 0.2) is 12.2 Å². The molecule has 1 rings (SSSR count). The van der Waals surface area contributed by atoms with E-state index in [0.29, 0.717) is 0 Å². The highest BCUT2D eigenvalue weighted by Crippen LogP contribution is 2.11. The molecule has 0 aliphatic rings. The van der Waals surface area contributed by atoms with Crippen LogP contribution in [0.1, 0.15) is 61.3 Å². The molecular formula is C20H28N2O8. The summed E-state index contributed by atoms with van der Waals surface area (Å²) in [4.78, 5) is 56.8. The maximum absolute atomic E-state index is 12.2. The summed E-state index contributed by atoms with van der Waals surface area (Å²) in [6.07, 6.45) is -2.00. The van der Waals surface area contributed by atoms with Crippen LogP contribution in [-0.2, 0) is 19.3 Å². The van der Waals surface area contributed by atoms with Crippen LogP contribution in [0.15, 0.2) is 24.3 Å². The van der Waals surface area contributed by atoms with Gasteiger partial charge < -0.3 is 10.2 Å². The van der Waals surface area contributed by atoms with Crippen LogP contribution in [0.5, 0.6) is 0 Å². The van der Waals surface area contributed by atoms with E-state index >= 15 is 0 Å². The summed E-state index contributed by atoms with van der Waals surface area (Å²) in [5.41, 5.74) is 4.26. The second-order valence-corrected chi connectivity index (χ2v) is 7.59. The van der Waals surface area contributed by atoms with E-state index in [2.05, 4.69) is 11.0 Å². The molecule has 4 N–H and O–H groups in total. The number of carbonyl (C=O) groups excluding carboxylic acids is 2. The molecule has 0 radical (unpaired) electrons. The molecule has 2 atom stereocenters. The molecule has 0 aromatic heterocycles. The van der Waals surface area contributed by atoms with Crippen LogP contribution in [0.2, 0.25) is 0 Å². The number of carboxylic acid groups (broad SMARTS) is 2. The molecule has 10 nitrogen and oxygen atoms in total. The Morgan fingerprint density at radius 1 is 0.800 bits per heavy atom. The molecule has 0 aliphatic heterocycles. The number of aliphatic carboxylic acids is 2. The van der Waals surface area contributed by atoms with Gasteiger partial charge in [0.25, 0.3) is 11.8 Å². The number of rotatable bonds is 12. The summed E-state index contributed by atoms with van der Waals surface area (Å²) in [5.74, 6) is -3.79. The van der Waals surface area contributed by atoms with Gasteiger partial charge in [-0.3, -0.25) is 19.3 Å². The molecule has 166 valence electrons. The number of benzene rings is 1. The lowest BCUT2D eigenvalue weighted by Gasteiger charge is -2.16. The number of hydrogen-bond donors (Lipinski definition) is 4. The maximum Gasteiger partial charge on any atom is 0.335 e. The Morgan fingerprint density at radius 2 is 1.17 bits per heavy atom. The van der Waals surface area contributed by atoms with E-state index in [1.54, 1.807) is 0 Å². The van der Waals surface area contributed by atoms with Crippen LogP contribution in [0.3, 0.4) is 0 Å². The number of hydrogen-bond acceptors (Lipinski definition) is 6. The normalized spacial score (nSPS) is 13.0. The minimum absolute atomic E-state index is 0.0420. The smallest absolute Gasteiger partial charge is 0.335 e. The van der Waals surface area contributed by atoms with E-state index in [4.69, 9.17) is 19.9 Å². The first-order chi connectivity index (χ1) is 14.0. The van der Waals surface area contributed by atoms with E-state index in [0.717, 1.165) is 0 Å². The van der Waals surface area contributed by atoms with Gasteiger partial charge in [-0.1, -0.05) is 33.8 Å². The number of carboxylic acids is 2. The first-order valence-corrected chi connectivity index (χ1v) is 9.48. The van der Waals surface area contributed by atoms with Crippen molar-refractivity contribution in [3.05, 3.63) is 35.4 Å². The second kappa shape index (κ2) is 11.9. The van der Waals surface area contributed by atoms with Crippen molar-refractivity contribution in [3.8, 4) is 0 Å². The summed E-state index contributed by atoms with van der Waals surface area (Å²) >= 11 is 0. The fourth-order valence-electron chi connectivity index (χ4n) is 2.42. The monoisotopic (exact) mass is 424 g/mol. The van der Waals surface area contributed by atoms with Crippen LogP contribution >= 0.6 is 0 Å². The average molecular weight is 424 g/mol. The largest absolute Gasteiger partial charge is 0.479 e. The van der Waals surface area contributed by atoms with Crippen molar-refractivity contribution < 1.29 is 39.1 Å². The van der Waals surface area contributed by atoms with E-state index in [-0.39, 0.29) is 35.8 Å². The predicted octanol–water partition coefficient (Wildman–Crippen LogP) is 2.01. The zero-order valence-electron chi connectivity index (χ0n) is 17.4. The second-order valence-electron chi connectivity index (χ2n) is 7.59. The van der Waals surface area contributed by atoms with E-state index in [1.165, 1.54) is 24.3 Å². The SMILES string of the molecule is CC(C)CC(ONC(=O)c1cccc(C(=O)NO[C@H](CC(C)C)C(=O)O)c1)C(=O)O. The van der Waals surface area contributed by atoms with Gasteiger partial charge in [0.2, 0.25) is 0 Å². The lowest BCUT2D eigenvalue weighted by molar-refractivity contribution is -0.156. The summed E-state index contributed by atoms with van der Waals surface area (Å²) < 4.78 is 0. The standard InChI is InChI=1S/C20H28N2O8/c1-11(2)8-15(19(25)26)29-21-17(23)13-6-5-7-14(10-13)18(24)22-30-16(20(27)28)9-12(3)4/h5-7,10-12,15-16H,8-9H2,1-4H3,(H,21,23)(H,22,24)(H,25,26)(H,27,28)/t15-,16?/m1/s1. The summed E-state index contributed by atoms with van der Waals surface area (Å²) in [7, 11) is 0. The third-order valence-electron chi connectivity index (χ3n) is 3.90. The molecule has 0 aliphatic carbocycles. The first kappa shape index (κ1) is 25.1. The summed E-state index contributed by atoms with van der Waals surface area (Å²) in [6.45, 7) is 7.28. The molecule has 2 amide bonds. The predicted molar refractivity (Wildman–Crippen MR) is 105 cm³/mol. The summed E-state index contributed by atoms with van der Waals surface area (Å²) in [6, 6.07) is 5.50. The Bertz CT molecular complexity index is 704. The van der Waals surface area contributed by atoms with Crippen LogP contribution < -0.4 is 11.0 Å². The van der Waals surface area contributed by atoms with Gasteiger partial charge >= 0.3 is 11.9 Å². The third-order valence-corrected chi connectivity index (χ3v) is 3.90. The van der Waals surface area contributed by atoms with Gasteiger partial charge in [0.05, 0.1) is 0 Å². The van der Waals surface area contributed by atoms with Crippen molar-refractivity contribution in [2.45, 2.75) is 52.7 Å². The fourth-order valence-corrected chi connectivity index (χ4v) is 2.42. The van der Waals surface area contributed by atoms with Gasteiger partial charge in [-0.05, 0) is 42.9 Å². The minimum atomic E-state index is -1.21.